The molecule has 1 amide bonds. The number of aromatic nitrogens is 4. The van der Waals surface area contributed by atoms with Gasteiger partial charge in [-0.25, -0.2) is 14.4 Å². The molecule has 0 aliphatic heterocycles. The van der Waals surface area contributed by atoms with Crippen molar-refractivity contribution in [3.63, 3.8) is 0 Å². The lowest BCUT2D eigenvalue weighted by atomic mass is 9.95. The number of nitrogens with two attached hydrogens (primary N) is 1. The first-order valence-corrected chi connectivity index (χ1v) is 11.1. The van der Waals surface area contributed by atoms with Gasteiger partial charge in [0.25, 0.3) is 5.91 Å². The summed E-state index contributed by atoms with van der Waals surface area (Å²) >= 11 is 0. The number of hydrogen-bond donors (Lipinski definition) is 3. The molecule has 1 aromatic carbocycles. The first kappa shape index (κ1) is 22.2. The standard InChI is InChI=1S/C25H21FN8O/c26-14-4-7-18-16(11-14)21(25(35)33-15-5-6-15)22(19-3-1-2-9-29-19)20(34-18)8-10-30-24-17(12-27)23(28)31-13-32-24/h1-4,7,9,11,13,15H,5-6,8,10H2,(H,33,35)(H3,28,30,31,32). The number of hydrogen-bond acceptors (Lipinski definition) is 8. The van der Waals surface area contributed by atoms with Gasteiger partial charge in [-0.3, -0.25) is 14.8 Å². The van der Waals surface area contributed by atoms with Crippen molar-refractivity contribution in [3.8, 4) is 17.3 Å². The van der Waals surface area contributed by atoms with Crippen molar-refractivity contribution in [1.82, 2.24) is 25.3 Å². The Morgan fingerprint density at radius 1 is 1.20 bits per heavy atom. The first-order valence-electron chi connectivity index (χ1n) is 11.1. The highest BCUT2D eigenvalue weighted by molar-refractivity contribution is 6.12. The van der Waals surface area contributed by atoms with Gasteiger partial charge in [-0.2, -0.15) is 5.26 Å². The van der Waals surface area contributed by atoms with E-state index in [0.717, 1.165) is 12.8 Å². The molecule has 5 rings (SSSR count). The lowest BCUT2D eigenvalue weighted by Crippen LogP contribution is -2.27. The highest BCUT2D eigenvalue weighted by atomic mass is 19.1. The molecule has 0 spiro atoms. The number of nitrogens with zero attached hydrogens (tertiary/aromatic N) is 5. The molecule has 4 aromatic rings. The lowest BCUT2D eigenvalue weighted by molar-refractivity contribution is 0.0953. The van der Waals surface area contributed by atoms with Crippen molar-refractivity contribution in [3.05, 3.63) is 71.6 Å². The van der Waals surface area contributed by atoms with Gasteiger partial charge in [-0.1, -0.05) is 6.07 Å². The maximum Gasteiger partial charge on any atom is 0.252 e. The second-order valence-corrected chi connectivity index (χ2v) is 8.20. The van der Waals surface area contributed by atoms with Crippen molar-refractivity contribution in [2.24, 2.45) is 0 Å². The minimum atomic E-state index is -0.452. The summed E-state index contributed by atoms with van der Waals surface area (Å²) in [6, 6.07) is 11.7. The van der Waals surface area contributed by atoms with Gasteiger partial charge in [0.15, 0.2) is 0 Å². The number of amides is 1. The Morgan fingerprint density at radius 2 is 2.06 bits per heavy atom. The zero-order valence-electron chi connectivity index (χ0n) is 18.6. The average Bonchev–Trinajstić information content (AvgIpc) is 3.68. The normalized spacial score (nSPS) is 12.8. The predicted octanol–water partition coefficient (Wildman–Crippen LogP) is 3.23. The van der Waals surface area contributed by atoms with Gasteiger partial charge in [0.05, 0.1) is 22.5 Å². The molecular weight excluding hydrogens is 447 g/mol. The van der Waals surface area contributed by atoms with Crippen molar-refractivity contribution in [1.29, 1.82) is 5.26 Å². The Bertz CT molecular complexity index is 1460. The molecule has 0 atom stereocenters. The van der Waals surface area contributed by atoms with Crippen LogP contribution in [0.1, 0.15) is 34.5 Å². The van der Waals surface area contributed by atoms with E-state index in [9.17, 15) is 14.4 Å². The summed E-state index contributed by atoms with van der Waals surface area (Å²) in [6.45, 7) is 0.342. The summed E-state index contributed by atoms with van der Waals surface area (Å²) in [7, 11) is 0. The number of anilines is 2. The molecule has 1 saturated carbocycles. The Labute approximate surface area is 200 Å². The summed E-state index contributed by atoms with van der Waals surface area (Å²) in [5, 5.41) is 15.9. The molecule has 3 heterocycles. The third-order valence-corrected chi connectivity index (χ3v) is 5.73. The van der Waals surface area contributed by atoms with Crippen LogP contribution in [0.4, 0.5) is 16.0 Å². The van der Waals surface area contributed by atoms with Crippen LogP contribution in [0.2, 0.25) is 0 Å². The number of halogens is 1. The molecule has 0 radical (unpaired) electrons. The van der Waals surface area contributed by atoms with E-state index in [1.807, 2.05) is 12.1 Å². The summed E-state index contributed by atoms with van der Waals surface area (Å²) in [4.78, 5) is 30.6. The van der Waals surface area contributed by atoms with E-state index >= 15 is 0 Å². The number of nitrogens with one attached hydrogen (secondary N) is 2. The number of nitrogen functional groups attached to an aromatic ring is 1. The SMILES string of the molecule is N#Cc1c(N)ncnc1NCCc1nc2ccc(F)cc2c(C(=O)NC2CC2)c1-c1ccccn1. The highest BCUT2D eigenvalue weighted by Gasteiger charge is 2.28. The number of fused-ring (bicyclic) bond motifs is 1. The summed E-state index contributed by atoms with van der Waals surface area (Å²) in [5.74, 6) is -0.333. The zero-order chi connectivity index (χ0) is 24.4. The van der Waals surface area contributed by atoms with Gasteiger partial charge < -0.3 is 16.4 Å². The number of carbonyl (C=O) groups excluding carboxylic acids is 1. The molecule has 0 bridgehead atoms. The van der Waals surface area contributed by atoms with E-state index in [2.05, 4.69) is 25.6 Å². The maximum atomic E-state index is 14.3. The van der Waals surface area contributed by atoms with E-state index in [0.29, 0.717) is 52.2 Å². The van der Waals surface area contributed by atoms with E-state index in [1.165, 1.54) is 18.5 Å². The molecule has 10 heteroatoms. The largest absolute Gasteiger partial charge is 0.382 e. The highest BCUT2D eigenvalue weighted by Crippen LogP contribution is 2.33. The fourth-order valence-electron chi connectivity index (χ4n) is 3.92. The number of pyridine rings is 2. The van der Waals surface area contributed by atoms with Crippen LogP contribution in [0, 0.1) is 17.1 Å². The van der Waals surface area contributed by atoms with E-state index < -0.39 is 5.82 Å². The van der Waals surface area contributed by atoms with Crippen LogP contribution >= 0.6 is 0 Å². The number of rotatable bonds is 7. The van der Waals surface area contributed by atoms with E-state index in [-0.39, 0.29) is 23.3 Å². The van der Waals surface area contributed by atoms with Crippen LogP contribution < -0.4 is 16.4 Å². The van der Waals surface area contributed by atoms with Crippen LogP contribution in [0.5, 0.6) is 0 Å². The van der Waals surface area contributed by atoms with Crippen molar-refractivity contribution < 1.29 is 9.18 Å². The topological polar surface area (TPSA) is 142 Å². The molecule has 4 N–H and O–H groups in total. The zero-order valence-corrected chi connectivity index (χ0v) is 18.6. The van der Waals surface area contributed by atoms with Crippen molar-refractivity contribution in [2.45, 2.75) is 25.3 Å². The van der Waals surface area contributed by atoms with Gasteiger partial charge in [-0.05, 0) is 43.2 Å². The minimum Gasteiger partial charge on any atom is -0.382 e. The predicted molar refractivity (Wildman–Crippen MR) is 129 cm³/mol. The van der Waals surface area contributed by atoms with E-state index in [4.69, 9.17) is 10.7 Å². The van der Waals surface area contributed by atoms with Gasteiger partial charge in [0, 0.05) is 36.2 Å². The van der Waals surface area contributed by atoms with Crippen LogP contribution in [0.25, 0.3) is 22.2 Å². The van der Waals surface area contributed by atoms with Crippen molar-refractivity contribution in [2.75, 3.05) is 17.6 Å². The molecule has 174 valence electrons. The van der Waals surface area contributed by atoms with Gasteiger partial charge in [0.1, 0.15) is 35.4 Å². The quantitative estimate of drug-likeness (QED) is 0.375. The fraction of sp³-hybridized carbons (Fsp3) is 0.200. The van der Waals surface area contributed by atoms with Crippen LogP contribution in [0.15, 0.2) is 48.9 Å². The van der Waals surface area contributed by atoms with E-state index in [1.54, 1.807) is 24.4 Å². The molecule has 0 unspecified atom stereocenters. The Balaban J connectivity index is 1.60. The molecule has 35 heavy (non-hydrogen) atoms. The average molecular weight is 468 g/mol. The molecule has 9 nitrogen and oxygen atoms in total. The third kappa shape index (κ3) is 4.56. The lowest BCUT2D eigenvalue weighted by Gasteiger charge is -2.17. The number of benzene rings is 1. The molecule has 1 fully saturated rings. The summed E-state index contributed by atoms with van der Waals surface area (Å²) in [6.07, 6.45) is 5.13. The fourth-order valence-corrected chi connectivity index (χ4v) is 3.92. The second-order valence-electron chi connectivity index (χ2n) is 8.20. The first-order chi connectivity index (χ1) is 17.0. The molecule has 1 aliphatic carbocycles. The third-order valence-electron chi connectivity index (χ3n) is 5.73. The number of carbonyl (C=O) groups is 1. The maximum absolute atomic E-state index is 14.3. The molecule has 3 aromatic heterocycles. The van der Waals surface area contributed by atoms with Crippen LogP contribution in [-0.2, 0) is 6.42 Å². The Morgan fingerprint density at radius 3 is 2.80 bits per heavy atom. The van der Waals surface area contributed by atoms with Crippen LogP contribution in [-0.4, -0.2) is 38.4 Å². The molecular formula is C25H21FN8O. The summed E-state index contributed by atoms with van der Waals surface area (Å²) in [5.41, 5.74) is 8.50. The smallest absolute Gasteiger partial charge is 0.252 e. The van der Waals surface area contributed by atoms with Crippen molar-refractivity contribution >= 4 is 28.4 Å². The Kier molecular flexibility index (Phi) is 5.89. The molecule has 0 saturated heterocycles. The van der Waals surface area contributed by atoms with Gasteiger partial charge in [0.2, 0.25) is 0 Å². The van der Waals surface area contributed by atoms with Crippen LogP contribution in [0.3, 0.4) is 0 Å². The monoisotopic (exact) mass is 468 g/mol. The van der Waals surface area contributed by atoms with Gasteiger partial charge in [-0.15, -0.1) is 0 Å². The summed E-state index contributed by atoms with van der Waals surface area (Å²) < 4.78 is 14.3. The minimum absolute atomic E-state index is 0.0871. The molecule has 1 aliphatic rings. The van der Waals surface area contributed by atoms with Gasteiger partial charge >= 0.3 is 0 Å². The second kappa shape index (κ2) is 9.30. The number of nitriles is 1. The Hall–Kier alpha value is -4.65.